The largest absolute Gasteiger partial charge is 0.295 e. The topological polar surface area (TPSA) is 67.2 Å². The molecule has 25 aromatic rings. The van der Waals surface area contributed by atoms with Crippen LogP contribution in [0.1, 0.15) is 84.1 Å². The van der Waals surface area contributed by atoms with Crippen molar-refractivity contribution in [2.75, 3.05) is 0 Å². The van der Waals surface area contributed by atoms with Gasteiger partial charge in [0.15, 0.2) is 13.6 Å². The van der Waals surface area contributed by atoms with Crippen LogP contribution >= 0.6 is 0 Å². The summed E-state index contributed by atoms with van der Waals surface area (Å²) in [6, 6.07) is 109. The molecule has 0 fully saturated rings. The van der Waals surface area contributed by atoms with E-state index >= 15 is 0 Å². The monoisotopic (exact) mass is 1730 g/mol. The van der Waals surface area contributed by atoms with Gasteiger partial charge < -0.3 is 0 Å². The fourth-order valence-corrected chi connectivity index (χ4v) is 37.0. The van der Waals surface area contributed by atoms with E-state index in [9.17, 15) is 0 Å². The maximum Gasteiger partial charge on any atom is 0.295 e. The number of rotatable bonds is 5. The summed E-state index contributed by atoms with van der Waals surface area (Å²) >= 11 is 0. The number of para-hydroxylation sites is 2. The summed E-state index contributed by atoms with van der Waals surface area (Å²) in [4.78, 5) is 9.10. The quantitative estimate of drug-likeness (QED) is 0.0979. The van der Waals surface area contributed by atoms with Gasteiger partial charge in [-0.25, -0.2) is 22.8 Å². The molecule has 14 heteroatoms. The molecule has 0 atom stereocenters. The molecule has 22 heterocycles. The van der Waals surface area contributed by atoms with Crippen molar-refractivity contribution in [3.63, 3.8) is 0 Å². The molecule has 13 aromatic carbocycles. The number of fused-ring (bicyclic) bond motifs is 5. The van der Waals surface area contributed by atoms with Gasteiger partial charge in [0, 0.05) is 143 Å². The number of benzene rings is 13. The molecular weight excluding hydrogens is 1640 g/mol. The molecule has 12 aromatic heterocycles. The zero-order chi connectivity index (χ0) is 86.0. The normalized spacial score (nSPS) is 15.2. The van der Waals surface area contributed by atoms with Crippen molar-refractivity contribution in [1.29, 1.82) is 0 Å². The Morgan fingerprint density at radius 2 is 0.659 bits per heavy atom. The van der Waals surface area contributed by atoms with Crippen molar-refractivity contribution in [1.82, 2.24) is 32.0 Å². The van der Waals surface area contributed by atoms with Gasteiger partial charge in [0.1, 0.15) is 114 Å². The molecule has 10 aliphatic heterocycles. The molecule has 0 spiro atoms. The third kappa shape index (κ3) is 9.36. The zero-order valence-electron chi connectivity index (χ0n) is 73.3. The lowest BCUT2D eigenvalue weighted by molar-refractivity contribution is -0.657. The Bertz CT molecular complexity index is 9340. The summed E-state index contributed by atoms with van der Waals surface area (Å²) in [7, 11) is -4.50. The summed E-state index contributed by atoms with van der Waals surface area (Å²) in [5.74, 6) is 0. The molecule has 0 N–H and O–H groups in total. The number of aromatic nitrogens is 12. The smallest absolute Gasteiger partial charge is 0.263 e. The Balaban J connectivity index is 0.0000000786. The van der Waals surface area contributed by atoms with Crippen LogP contribution in [0.2, 0.25) is 0 Å². The molecule has 0 saturated heterocycles. The van der Waals surface area contributed by atoms with Crippen molar-refractivity contribution in [3.8, 4) is 11.1 Å². The Kier molecular flexibility index (Phi) is 14.4. The zero-order valence-corrected chi connectivity index (χ0v) is 75.3. The van der Waals surface area contributed by atoms with Crippen molar-refractivity contribution in [2.24, 2.45) is 0 Å². The fourth-order valence-electron chi connectivity index (χ4n) is 27.2. The average Bonchev–Trinajstić information content (AvgIpc) is 1.50. The highest BCUT2D eigenvalue weighted by Gasteiger charge is 2.53. The first kappa shape index (κ1) is 72.5. The van der Waals surface area contributed by atoms with Gasteiger partial charge in [-0.1, -0.05) is 267 Å². The van der Waals surface area contributed by atoms with Gasteiger partial charge in [-0.15, -0.1) is 0 Å². The van der Waals surface area contributed by atoms with E-state index in [0.717, 1.165) is 83.3 Å². The lowest BCUT2D eigenvalue weighted by Crippen LogP contribution is -2.71. The van der Waals surface area contributed by atoms with Crippen LogP contribution in [0.4, 0.5) is 0 Å². The molecule has 0 radical (unpaired) electrons. The maximum atomic E-state index is 4.62. The summed E-state index contributed by atoms with van der Waals surface area (Å²) in [5, 5.41) is 30.0. The number of pyridine rings is 7. The van der Waals surface area contributed by atoms with Gasteiger partial charge >= 0.3 is 0 Å². The molecule has 10 aliphatic rings. The predicted octanol–water partition coefficient (Wildman–Crippen LogP) is 17.0. The predicted molar refractivity (Wildman–Crippen MR) is 534 cm³/mol. The molecule has 0 aliphatic carbocycles. The second-order valence-electron chi connectivity index (χ2n) is 38.9. The minimum Gasteiger partial charge on any atom is -0.263 e. The molecule has 35 rings (SSSR count). The fraction of sp³-hybridized carbons (Fsp3) is 0.127. The molecule has 622 valence electrons. The van der Waals surface area contributed by atoms with E-state index in [1.165, 1.54) is 258 Å². The Hall–Kier alpha value is -15.4. The van der Waals surface area contributed by atoms with Crippen LogP contribution in [0.5, 0.6) is 0 Å². The number of aryl methyl sites for hydroxylation is 8. The summed E-state index contributed by atoms with van der Waals surface area (Å²) in [6.07, 6.45) is 24.7. The third-order valence-corrected chi connectivity index (χ3v) is 42.0. The summed E-state index contributed by atoms with van der Waals surface area (Å²) < 4.78 is 25.0. The van der Waals surface area contributed by atoms with Crippen molar-refractivity contribution >= 4 is 184 Å². The van der Waals surface area contributed by atoms with E-state index in [2.05, 4.69) is 385 Å². The second kappa shape index (κ2) is 26.2. The number of imidazole rings is 5. The van der Waals surface area contributed by atoms with Crippen molar-refractivity contribution in [2.45, 2.75) is 97.2 Å². The lowest BCUT2D eigenvalue weighted by Gasteiger charge is -2.35. The lowest BCUT2D eigenvalue weighted by atomic mass is 9.89. The summed E-state index contributed by atoms with van der Waals surface area (Å²) in [6.45, 7) is 9.44. The van der Waals surface area contributed by atoms with Crippen molar-refractivity contribution in [3.05, 3.63) is 419 Å². The van der Waals surface area contributed by atoms with Crippen LogP contribution < -0.4 is 54.1 Å². The highest BCUT2D eigenvalue weighted by atomic mass is 28.3. The molecule has 0 bridgehead atoms. The van der Waals surface area contributed by atoms with E-state index in [4.69, 9.17) is 0 Å². The minimum atomic E-state index is -2.26. The van der Waals surface area contributed by atoms with Crippen LogP contribution in [-0.2, 0) is 83.3 Å². The maximum absolute atomic E-state index is 4.62. The van der Waals surface area contributed by atoms with Crippen LogP contribution in [0.15, 0.2) is 335 Å². The van der Waals surface area contributed by atoms with Crippen LogP contribution in [0.25, 0.3) is 148 Å². The highest BCUT2D eigenvalue weighted by molar-refractivity contribution is 7.12. The van der Waals surface area contributed by atoms with E-state index in [0.29, 0.717) is 0 Å². The van der Waals surface area contributed by atoms with Crippen molar-refractivity contribution < 1.29 is 22.8 Å². The van der Waals surface area contributed by atoms with Crippen LogP contribution in [0, 0.1) is 13.8 Å². The van der Waals surface area contributed by atoms with E-state index in [-0.39, 0.29) is 0 Å². The van der Waals surface area contributed by atoms with Gasteiger partial charge in [0.2, 0.25) is 8.07 Å². The Morgan fingerprint density at radius 3 is 1.18 bits per heavy atom. The van der Waals surface area contributed by atoms with Gasteiger partial charge in [0.05, 0.1) is 32.6 Å². The molecule has 12 nitrogen and oxygen atoms in total. The standard InChI is InChI=1S/2C29H21N2Si.C26H21N2.2C17H12N3/c1-3-11-22(12-4-1)32(23-13-5-2-6-14-23)19-21-10-8-16-25-24-15-7-9-20-17-30-18-26(32)31(28(21)25)29(30)27(20)24;1-3-10-22(11-4-1)32(23-12-5-2-6-13-23)19-21-18-30-17-20-9-7-14-24-25-15-8-16-26(32)28(25)31(21)29(30)27(20)24;1-15-5-3-6-16(2)23(15)19-11-17-9-10-20-14-27-13-18-7-4-8-21-22(12-19)25(17)28(20)26(27)24(18)21;1-2-11-8-19-9-12-5-4-10-6-18-7-14-13(3-1)15(11)17(19)20(12)16(10)14;1-2-10-8-19-9-11-4-5-14-16-13(6-7-18-14)12(3-1)15(10)17(19)20(11)16/h2*1-16,18H,17,19H2;3-8,11-12,14H,9-10,13H2,1-2H3;2*1-3,6-7,9H,4-5,8H2/q5*+1. The molecule has 0 unspecified atom stereocenters. The number of hydrogen-bond acceptors (Lipinski definition) is 2. The third-order valence-electron chi connectivity index (χ3n) is 32.3. The van der Waals surface area contributed by atoms with Gasteiger partial charge in [-0.3, -0.25) is 9.97 Å². The first-order valence-corrected chi connectivity index (χ1v) is 51.7. The number of hydrogen-bond donors (Lipinski definition) is 0. The summed E-state index contributed by atoms with van der Waals surface area (Å²) in [5.41, 5.74) is 38.0. The van der Waals surface area contributed by atoms with Gasteiger partial charge in [-0.2, -0.15) is 22.0 Å². The number of nitrogens with zero attached hydrogens (tertiary/aromatic N) is 12. The SMILES string of the molecule is Cc1cccc(C)c1-c1cc2c3c(c1)c1cccc4c1c1n3c(c[n+]1C4)CC2.c1cc2c3c(c1)c1ccnc4c1n1c(c[n+](c31)C2)CC4.c1cc2c3c(c1)c1cncc4c1n1c(c[n+](c31)C2)CC4.c1ccc([Si]2(c3ccccc3)Cc3c[n+]4c5c6c(cccc6c6cccc2c6n35)C4)cc1.c1ccc([Si]2(c3ccccc3)Cc3cccc4c5cccc6c5c5n(c2c[n+]5C6)c34)cc1. The molecular formula is C118H87N12Si2+5. The highest BCUT2D eigenvalue weighted by Crippen LogP contribution is 2.46. The Labute approximate surface area is 760 Å². The Morgan fingerprint density at radius 1 is 0.273 bits per heavy atom. The second-order valence-corrected chi connectivity index (χ2v) is 46.6. The first-order chi connectivity index (χ1) is 65.3. The van der Waals surface area contributed by atoms with E-state index < -0.39 is 16.1 Å². The first-order valence-electron chi connectivity index (χ1n) is 47.3. The molecule has 0 saturated carbocycles. The van der Waals surface area contributed by atoms with Crippen LogP contribution in [-0.4, -0.2) is 48.1 Å². The van der Waals surface area contributed by atoms with E-state index in [1.54, 1.807) is 5.19 Å². The molecule has 0 amide bonds. The van der Waals surface area contributed by atoms with Gasteiger partial charge in [-0.05, 0) is 105 Å². The van der Waals surface area contributed by atoms with E-state index in [1.807, 2.05) is 18.6 Å². The molecule has 132 heavy (non-hydrogen) atoms. The van der Waals surface area contributed by atoms with Gasteiger partial charge in [0.25, 0.3) is 28.2 Å². The average molecular weight is 1730 g/mol. The van der Waals surface area contributed by atoms with Crippen LogP contribution in [0.3, 0.4) is 0 Å². The minimum absolute atomic E-state index is 0.968.